The molecule has 0 saturated heterocycles. The number of carbonyl (C=O) groups is 2. The molecule has 0 fully saturated rings. The molecular weight excluding hydrogens is 326 g/mol. The van der Waals surface area contributed by atoms with Gasteiger partial charge < -0.3 is 16.0 Å². The molecule has 4 N–H and O–H groups in total. The summed E-state index contributed by atoms with van der Waals surface area (Å²) in [5.74, 6) is 0.690. The minimum Gasteiger partial charge on any atom is -0.352 e. The highest BCUT2D eigenvalue weighted by Gasteiger charge is 2.21. The van der Waals surface area contributed by atoms with Gasteiger partial charge in [0.1, 0.15) is 6.04 Å². The fourth-order valence-corrected chi connectivity index (χ4v) is 2.93. The van der Waals surface area contributed by atoms with Crippen LogP contribution in [0.3, 0.4) is 0 Å². The van der Waals surface area contributed by atoms with E-state index in [0.717, 1.165) is 6.42 Å². The zero-order chi connectivity index (χ0) is 19.7. The van der Waals surface area contributed by atoms with E-state index < -0.39 is 0 Å². The number of amides is 2. The lowest BCUT2D eigenvalue weighted by Crippen LogP contribution is -2.88. The lowest BCUT2D eigenvalue weighted by molar-refractivity contribution is -0.692. The van der Waals surface area contributed by atoms with E-state index in [1.165, 1.54) is 11.1 Å². The molecule has 1 aromatic carbocycles. The van der Waals surface area contributed by atoms with Crippen LogP contribution < -0.4 is 16.0 Å². The van der Waals surface area contributed by atoms with Crippen molar-refractivity contribution in [1.82, 2.24) is 10.6 Å². The monoisotopic (exact) mass is 362 g/mol. The molecule has 0 heterocycles. The molecule has 0 aliphatic carbocycles. The molecule has 0 unspecified atom stereocenters. The lowest BCUT2D eigenvalue weighted by atomic mass is 9.92. The average molecular weight is 363 g/mol. The molecule has 2 atom stereocenters. The molecule has 2 amide bonds. The number of benzene rings is 1. The summed E-state index contributed by atoms with van der Waals surface area (Å²) in [7, 11) is 0. The summed E-state index contributed by atoms with van der Waals surface area (Å²) in [5, 5.41) is 7.50. The Morgan fingerprint density at radius 1 is 0.962 bits per heavy atom. The average Bonchev–Trinajstić information content (AvgIpc) is 2.59. The Morgan fingerprint density at radius 3 is 2.04 bits per heavy atom. The van der Waals surface area contributed by atoms with Gasteiger partial charge in [-0.15, -0.1) is 0 Å². The number of quaternary nitrogens is 1. The van der Waals surface area contributed by atoms with Crippen LogP contribution in [-0.4, -0.2) is 30.9 Å². The van der Waals surface area contributed by atoms with Gasteiger partial charge in [0.15, 0.2) is 6.54 Å². The largest absolute Gasteiger partial charge is 0.352 e. The number of nitrogens with two attached hydrogens (primary N) is 1. The van der Waals surface area contributed by atoms with Gasteiger partial charge in [-0.2, -0.15) is 0 Å². The zero-order valence-corrected chi connectivity index (χ0v) is 17.1. The van der Waals surface area contributed by atoms with E-state index in [4.69, 9.17) is 0 Å². The Labute approximate surface area is 158 Å². The smallest absolute Gasteiger partial charge is 0.275 e. The van der Waals surface area contributed by atoms with Crippen molar-refractivity contribution in [2.45, 2.75) is 66.0 Å². The van der Waals surface area contributed by atoms with Crippen LogP contribution in [0.25, 0.3) is 0 Å². The van der Waals surface area contributed by atoms with Crippen LogP contribution in [0.1, 0.15) is 71.0 Å². The molecule has 0 radical (unpaired) electrons. The molecule has 26 heavy (non-hydrogen) atoms. The minimum absolute atomic E-state index is 0.0286. The third-order valence-electron chi connectivity index (χ3n) is 4.67. The van der Waals surface area contributed by atoms with E-state index in [0.29, 0.717) is 18.4 Å². The molecule has 146 valence electrons. The molecule has 5 heteroatoms. The summed E-state index contributed by atoms with van der Waals surface area (Å²) in [6, 6.07) is 9.05. The van der Waals surface area contributed by atoms with Crippen LogP contribution in [0, 0.1) is 5.92 Å². The van der Waals surface area contributed by atoms with Gasteiger partial charge in [-0.05, 0) is 31.7 Å². The van der Waals surface area contributed by atoms with Crippen molar-refractivity contribution in [3.63, 3.8) is 0 Å². The van der Waals surface area contributed by atoms with Gasteiger partial charge in [0.25, 0.3) is 5.91 Å². The van der Waals surface area contributed by atoms with Crippen molar-refractivity contribution >= 4 is 11.8 Å². The Bertz CT molecular complexity index is 567. The number of nitrogens with one attached hydrogen (secondary N) is 2. The third kappa shape index (κ3) is 7.56. The predicted octanol–water partition coefficient (Wildman–Crippen LogP) is 2.10. The van der Waals surface area contributed by atoms with Crippen LogP contribution in [0.4, 0.5) is 0 Å². The second-order valence-electron chi connectivity index (χ2n) is 7.68. The van der Waals surface area contributed by atoms with Crippen LogP contribution in [-0.2, 0) is 9.59 Å². The molecule has 0 aliphatic rings. The highest BCUT2D eigenvalue weighted by Crippen LogP contribution is 2.22. The maximum Gasteiger partial charge on any atom is 0.275 e. The SMILES string of the molecule is CC[C@@H](C)c1ccc([C@@H]([NH2+]CC(=O)NCC(=O)NC(C)C)C(C)C)cc1. The van der Waals surface area contributed by atoms with Gasteiger partial charge in [0.2, 0.25) is 5.91 Å². The van der Waals surface area contributed by atoms with Gasteiger partial charge in [-0.3, -0.25) is 9.59 Å². The Hall–Kier alpha value is -1.88. The summed E-state index contributed by atoms with van der Waals surface area (Å²) >= 11 is 0. The Morgan fingerprint density at radius 2 is 1.54 bits per heavy atom. The van der Waals surface area contributed by atoms with Gasteiger partial charge in [0, 0.05) is 17.5 Å². The van der Waals surface area contributed by atoms with E-state index in [-0.39, 0.29) is 30.4 Å². The number of rotatable bonds is 10. The zero-order valence-electron chi connectivity index (χ0n) is 17.1. The fourth-order valence-electron chi connectivity index (χ4n) is 2.93. The molecule has 0 bridgehead atoms. The number of hydrogen-bond donors (Lipinski definition) is 3. The van der Waals surface area contributed by atoms with Crippen molar-refractivity contribution in [3.05, 3.63) is 35.4 Å². The van der Waals surface area contributed by atoms with Gasteiger partial charge in [-0.25, -0.2) is 0 Å². The number of hydrogen-bond acceptors (Lipinski definition) is 2. The first kappa shape index (κ1) is 22.2. The van der Waals surface area contributed by atoms with E-state index >= 15 is 0 Å². The Balaban J connectivity index is 2.58. The molecular formula is C21H36N3O2+. The van der Waals surface area contributed by atoms with Crippen molar-refractivity contribution in [2.24, 2.45) is 5.92 Å². The van der Waals surface area contributed by atoms with Crippen molar-refractivity contribution in [1.29, 1.82) is 0 Å². The summed E-state index contributed by atoms with van der Waals surface area (Å²) in [6.45, 7) is 12.9. The lowest BCUT2D eigenvalue weighted by Gasteiger charge is -2.20. The predicted molar refractivity (Wildman–Crippen MR) is 106 cm³/mol. The van der Waals surface area contributed by atoms with Gasteiger partial charge >= 0.3 is 0 Å². The van der Waals surface area contributed by atoms with Gasteiger partial charge in [0.05, 0.1) is 6.54 Å². The normalized spacial score (nSPS) is 13.5. The van der Waals surface area contributed by atoms with Crippen LogP contribution >= 0.6 is 0 Å². The first-order valence-electron chi connectivity index (χ1n) is 9.73. The third-order valence-corrected chi connectivity index (χ3v) is 4.67. The first-order chi connectivity index (χ1) is 12.2. The maximum absolute atomic E-state index is 12.1. The molecule has 0 spiro atoms. The molecule has 0 aromatic heterocycles. The van der Waals surface area contributed by atoms with Crippen molar-refractivity contribution in [2.75, 3.05) is 13.1 Å². The minimum atomic E-state index is -0.158. The molecule has 1 aromatic rings. The highest BCUT2D eigenvalue weighted by molar-refractivity contribution is 5.85. The van der Waals surface area contributed by atoms with E-state index in [9.17, 15) is 9.59 Å². The molecule has 5 nitrogen and oxygen atoms in total. The summed E-state index contributed by atoms with van der Waals surface area (Å²) in [5.41, 5.74) is 2.59. The highest BCUT2D eigenvalue weighted by atomic mass is 16.2. The fraction of sp³-hybridized carbons (Fsp3) is 0.619. The summed E-state index contributed by atoms with van der Waals surface area (Å²) < 4.78 is 0. The summed E-state index contributed by atoms with van der Waals surface area (Å²) in [4.78, 5) is 23.7. The topological polar surface area (TPSA) is 74.8 Å². The van der Waals surface area contributed by atoms with E-state index in [1.807, 2.05) is 13.8 Å². The van der Waals surface area contributed by atoms with E-state index in [1.54, 1.807) is 0 Å². The molecule has 0 aliphatic heterocycles. The second kappa shape index (κ2) is 11.0. The quantitative estimate of drug-likeness (QED) is 0.596. The second-order valence-corrected chi connectivity index (χ2v) is 7.68. The first-order valence-corrected chi connectivity index (χ1v) is 9.73. The van der Waals surface area contributed by atoms with Crippen LogP contribution in [0.2, 0.25) is 0 Å². The van der Waals surface area contributed by atoms with Crippen LogP contribution in [0.5, 0.6) is 0 Å². The number of carbonyl (C=O) groups excluding carboxylic acids is 2. The summed E-state index contributed by atoms with van der Waals surface area (Å²) in [6.07, 6.45) is 1.13. The van der Waals surface area contributed by atoms with Crippen molar-refractivity contribution < 1.29 is 14.9 Å². The standard InChI is InChI=1S/C21H35N3O2/c1-7-16(6)17-8-10-18(11-9-17)21(14(2)3)23-12-19(25)22-13-20(26)24-15(4)5/h8-11,14-16,21,23H,7,12-13H2,1-6H3,(H,22,25)(H,24,26)/p+1/t16-,21+/m1/s1. The van der Waals surface area contributed by atoms with E-state index in [2.05, 4.69) is 67.9 Å². The molecule has 1 rings (SSSR count). The van der Waals surface area contributed by atoms with Gasteiger partial charge in [-0.1, -0.05) is 52.0 Å². The Kier molecular flexibility index (Phi) is 9.35. The molecule has 0 saturated carbocycles. The van der Waals surface area contributed by atoms with Crippen molar-refractivity contribution in [3.8, 4) is 0 Å². The maximum atomic E-state index is 12.1. The van der Waals surface area contributed by atoms with Crippen LogP contribution in [0.15, 0.2) is 24.3 Å².